The Bertz CT molecular complexity index is 183. The van der Waals surface area contributed by atoms with Crippen LogP contribution in [0.5, 0.6) is 0 Å². The Hall–Kier alpha value is 0.110. The molecular weight excluding hydrogens is 230 g/mol. The lowest BCUT2D eigenvalue weighted by molar-refractivity contribution is -0.122. The molecule has 1 N–H and O–H groups in total. The van der Waals surface area contributed by atoms with E-state index in [1.54, 1.807) is 0 Å². The number of rotatable bonds is 6. The van der Waals surface area contributed by atoms with E-state index >= 15 is 0 Å². The largest absolute Gasteiger partial charge is 0.356 e. The molecule has 88 valence electrons. The van der Waals surface area contributed by atoms with Gasteiger partial charge in [-0.05, 0) is 43.1 Å². The van der Waals surface area contributed by atoms with E-state index < -0.39 is 0 Å². The second-order valence-electron chi connectivity index (χ2n) is 4.01. The molecule has 0 aromatic heterocycles. The number of halogens is 1. The SMILES string of the molecule is O=C(CC1CCSCC1)NCCCCCl. The van der Waals surface area contributed by atoms with Crippen molar-refractivity contribution in [1.29, 1.82) is 0 Å². The number of alkyl halides is 1. The molecule has 2 nitrogen and oxygen atoms in total. The van der Waals surface area contributed by atoms with Crippen LogP contribution in [0.3, 0.4) is 0 Å². The zero-order valence-corrected chi connectivity index (χ0v) is 10.7. The first-order valence-corrected chi connectivity index (χ1v) is 7.42. The minimum atomic E-state index is 0.224. The zero-order valence-electron chi connectivity index (χ0n) is 9.14. The van der Waals surface area contributed by atoms with E-state index in [2.05, 4.69) is 5.32 Å². The topological polar surface area (TPSA) is 29.1 Å². The third-order valence-electron chi connectivity index (χ3n) is 2.70. The summed E-state index contributed by atoms with van der Waals surface area (Å²) in [6, 6.07) is 0. The molecule has 1 rings (SSSR count). The summed E-state index contributed by atoms with van der Waals surface area (Å²) in [6.45, 7) is 0.785. The Balaban J connectivity index is 2.01. The van der Waals surface area contributed by atoms with Gasteiger partial charge in [-0.1, -0.05) is 0 Å². The Morgan fingerprint density at radius 3 is 2.73 bits per heavy atom. The van der Waals surface area contributed by atoms with Crippen LogP contribution in [0.15, 0.2) is 0 Å². The maximum atomic E-state index is 11.5. The summed E-state index contributed by atoms with van der Waals surface area (Å²) in [5.41, 5.74) is 0. The normalized spacial score (nSPS) is 17.7. The molecule has 4 heteroatoms. The molecule has 0 aromatic rings. The summed E-state index contributed by atoms with van der Waals surface area (Å²) in [7, 11) is 0. The van der Waals surface area contributed by atoms with Gasteiger partial charge in [0.25, 0.3) is 0 Å². The molecule has 1 heterocycles. The van der Waals surface area contributed by atoms with Gasteiger partial charge in [0.1, 0.15) is 0 Å². The van der Waals surface area contributed by atoms with Crippen molar-refractivity contribution in [1.82, 2.24) is 5.32 Å². The highest BCUT2D eigenvalue weighted by molar-refractivity contribution is 7.99. The second kappa shape index (κ2) is 8.28. The highest BCUT2D eigenvalue weighted by Crippen LogP contribution is 2.24. The monoisotopic (exact) mass is 249 g/mol. The standard InChI is InChI=1S/C11H20ClNOS/c12-5-1-2-6-13-11(14)9-10-3-7-15-8-4-10/h10H,1-9H2,(H,13,14). The summed E-state index contributed by atoms with van der Waals surface area (Å²) in [5.74, 6) is 3.99. The minimum absolute atomic E-state index is 0.224. The number of amides is 1. The van der Waals surface area contributed by atoms with Gasteiger partial charge in [0, 0.05) is 18.8 Å². The van der Waals surface area contributed by atoms with Crippen LogP contribution in [0.25, 0.3) is 0 Å². The smallest absolute Gasteiger partial charge is 0.220 e. The van der Waals surface area contributed by atoms with Gasteiger partial charge in [-0.25, -0.2) is 0 Å². The fourth-order valence-corrected chi connectivity index (χ4v) is 3.13. The fourth-order valence-electron chi connectivity index (χ4n) is 1.73. The van der Waals surface area contributed by atoms with Crippen LogP contribution in [0, 0.1) is 5.92 Å². The molecule has 0 bridgehead atoms. The molecule has 0 aliphatic carbocycles. The zero-order chi connectivity index (χ0) is 10.9. The first-order valence-electron chi connectivity index (χ1n) is 5.73. The summed E-state index contributed by atoms with van der Waals surface area (Å²) < 4.78 is 0. The van der Waals surface area contributed by atoms with Crippen LogP contribution >= 0.6 is 23.4 Å². The quantitative estimate of drug-likeness (QED) is 0.579. The highest BCUT2D eigenvalue weighted by atomic mass is 35.5. The summed E-state index contributed by atoms with van der Waals surface area (Å²) in [6.07, 6.45) is 5.12. The van der Waals surface area contributed by atoms with Crippen molar-refractivity contribution in [2.75, 3.05) is 23.9 Å². The van der Waals surface area contributed by atoms with Gasteiger partial charge in [0.2, 0.25) is 5.91 Å². The van der Waals surface area contributed by atoms with Crippen LogP contribution in [0.2, 0.25) is 0 Å². The number of carbonyl (C=O) groups excluding carboxylic acids is 1. The molecule has 0 atom stereocenters. The number of hydrogen-bond acceptors (Lipinski definition) is 2. The van der Waals surface area contributed by atoms with Crippen LogP contribution in [0.4, 0.5) is 0 Å². The predicted molar refractivity (Wildman–Crippen MR) is 67.6 cm³/mol. The van der Waals surface area contributed by atoms with Gasteiger partial charge in [0.15, 0.2) is 0 Å². The molecule has 1 fully saturated rings. The van der Waals surface area contributed by atoms with E-state index in [-0.39, 0.29) is 5.91 Å². The third kappa shape index (κ3) is 6.31. The van der Waals surface area contributed by atoms with Gasteiger partial charge < -0.3 is 5.32 Å². The lowest BCUT2D eigenvalue weighted by Gasteiger charge is -2.20. The molecular formula is C11H20ClNOS. The molecule has 0 aromatic carbocycles. The number of hydrogen-bond donors (Lipinski definition) is 1. The van der Waals surface area contributed by atoms with E-state index in [4.69, 9.17) is 11.6 Å². The molecule has 1 aliphatic rings. The van der Waals surface area contributed by atoms with Crippen LogP contribution in [-0.4, -0.2) is 29.8 Å². The van der Waals surface area contributed by atoms with E-state index in [9.17, 15) is 4.79 Å². The van der Waals surface area contributed by atoms with Crippen molar-refractivity contribution >= 4 is 29.3 Å². The number of thioether (sulfide) groups is 1. The molecule has 0 radical (unpaired) electrons. The van der Waals surface area contributed by atoms with Crippen molar-refractivity contribution in [3.05, 3.63) is 0 Å². The fraction of sp³-hybridized carbons (Fsp3) is 0.909. The van der Waals surface area contributed by atoms with Crippen molar-refractivity contribution in [2.24, 2.45) is 5.92 Å². The van der Waals surface area contributed by atoms with Gasteiger partial charge in [-0.2, -0.15) is 11.8 Å². The van der Waals surface area contributed by atoms with Gasteiger partial charge >= 0.3 is 0 Å². The van der Waals surface area contributed by atoms with Gasteiger partial charge in [0.05, 0.1) is 0 Å². The lowest BCUT2D eigenvalue weighted by atomic mass is 9.98. The van der Waals surface area contributed by atoms with Crippen molar-refractivity contribution in [3.63, 3.8) is 0 Å². The Labute approximate surface area is 102 Å². The lowest BCUT2D eigenvalue weighted by Crippen LogP contribution is -2.27. The Morgan fingerprint density at radius 2 is 2.07 bits per heavy atom. The van der Waals surface area contributed by atoms with Crippen molar-refractivity contribution in [2.45, 2.75) is 32.1 Å². The first kappa shape index (κ1) is 13.2. The highest BCUT2D eigenvalue weighted by Gasteiger charge is 2.16. The average molecular weight is 250 g/mol. The first-order chi connectivity index (χ1) is 7.33. The molecule has 0 unspecified atom stereocenters. The number of carbonyl (C=O) groups is 1. The van der Waals surface area contributed by atoms with E-state index in [1.807, 2.05) is 11.8 Å². The van der Waals surface area contributed by atoms with Crippen LogP contribution in [0.1, 0.15) is 32.1 Å². The maximum absolute atomic E-state index is 11.5. The van der Waals surface area contributed by atoms with Gasteiger partial charge in [-0.15, -0.1) is 11.6 Å². The van der Waals surface area contributed by atoms with E-state index in [0.29, 0.717) is 11.8 Å². The summed E-state index contributed by atoms with van der Waals surface area (Å²) in [4.78, 5) is 11.5. The molecule has 0 spiro atoms. The molecule has 1 saturated heterocycles. The Kier molecular flexibility index (Phi) is 7.28. The average Bonchev–Trinajstić information content (AvgIpc) is 2.26. The second-order valence-corrected chi connectivity index (χ2v) is 5.61. The molecule has 1 aliphatic heterocycles. The van der Waals surface area contributed by atoms with Crippen LogP contribution in [-0.2, 0) is 4.79 Å². The van der Waals surface area contributed by atoms with Crippen molar-refractivity contribution in [3.8, 4) is 0 Å². The molecule has 1 amide bonds. The molecule has 0 saturated carbocycles. The van der Waals surface area contributed by atoms with Crippen LogP contribution < -0.4 is 5.32 Å². The van der Waals surface area contributed by atoms with Gasteiger partial charge in [-0.3, -0.25) is 4.79 Å². The maximum Gasteiger partial charge on any atom is 0.220 e. The minimum Gasteiger partial charge on any atom is -0.356 e. The van der Waals surface area contributed by atoms with E-state index in [1.165, 1.54) is 24.3 Å². The number of nitrogens with one attached hydrogen (secondary N) is 1. The molecule has 15 heavy (non-hydrogen) atoms. The summed E-state index contributed by atoms with van der Waals surface area (Å²) >= 11 is 7.56. The van der Waals surface area contributed by atoms with Crippen molar-refractivity contribution < 1.29 is 4.79 Å². The summed E-state index contributed by atoms with van der Waals surface area (Å²) in [5, 5.41) is 2.96. The third-order valence-corrected chi connectivity index (χ3v) is 4.01. The number of unbranched alkanes of at least 4 members (excludes halogenated alkanes) is 1. The van der Waals surface area contributed by atoms with E-state index in [0.717, 1.165) is 25.8 Å². The predicted octanol–water partition coefficient (Wildman–Crippen LogP) is 2.65. The Morgan fingerprint density at radius 1 is 1.33 bits per heavy atom.